The monoisotopic (exact) mass is 264 g/mol. The van der Waals surface area contributed by atoms with E-state index in [2.05, 4.69) is 5.32 Å². The summed E-state index contributed by atoms with van der Waals surface area (Å²) < 4.78 is 10.5. The largest absolute Gasteiger partial charge is 0.496 e. The zero-order valence-corrected chi connectivity index (χ0v) is 11.3. The number of nitrogens with two attached hydrogens (primary N) is 1. The van der Waals surface area contributed by atoms with E-state index in [4.69, 9.17) is 15.2 Å². The highest BCUT2D eigenvalue weighted by atomic mass is 16.5. The molecule has 1 aromatic rings. The number of carbonyl (C=O) groups is 1. The molecule has 5 heteroatoms. The molecule has 1 amide bonds. The average Bonchev–Trinajstić information content (AvgIpc) is 2.83. The molecule has 0 heterocycles. The molecule has 104 valence electrons. The van der Waals surface area contributed by atoms with E-state index >= 15 is 0 Å². The van der Waals surface area contributed by atoms with Crippen LogP contribution in [-0.4, -0.2) is 32.2 Å². The molecule has 0 bridgehead atoms. The topological polar surface area (TPSA) is 73.6 Å². The number of methoxy groups -OCH3 is 2. The molecular formula is C14H20N2O3. The van der Waals surface area contributed by atoms with Gasteiger partial charge in [0.1, 0.15) is 17.1 Å². The van der Waals surface area contributed by atoms with Crippen molar-refractivity contribution in [1.29, 1.82) is 0 Å². The van der Waals surface area contributed by atoms with Crippen molar-refractivity contribution >= 4 is 5.91 Å². The molecule has 1 aromatic carbocycles. The van der Waals surface area contributed by atoms with Crippen LogP contribution < -0.4 is 20.5 Å². The lowest BCUT2D eigenvalue weighted by Crippen LogP contribution is -2.44. The number of rotatable bonds is 4. The van der Waals surface area contributed by atoms with Crippen LogP contribution in [0.4, 0.5) is 0 Å². The molecule has 0 unspecified atom stereocenters. The summed E-state index contributed by atoms with van der Waals surface area (Å²) in [6.07, 6.45) is 2.92. The highest BCUT2D eigenvalue weighted by molar-refractivity contribution is 6.00. The van der Waals surface area contributed by atoms with Gasteiger partial charge in [0.05, 0.1) is 14.2 Å². The Morgan fingerprint density at radius 1 is 1.26 bits per heavy atom. The van der Waals surface area contributed by atoms with Gasteiger partial charge < -0.3 is 20.5 Å². The van der Waals surface area contributed by atoms with Crippen molar-refractivity contribution in [2.75, 3.05) is 14.2 Å². The average molecular weight is 264 g/mol. The Labute approximate surface area is 113 Å². The number of hydrogen-bond acceptors (Lipinski definition) is 4. The van der Waals surface area contributed by atoms with Gasteiger partial charge in [-0.1, -0.05) is 6.07 Å². The van der Waals surface area contributed by atoms with Crippen molar-refractivity contribution in [3.63, 3.8) is 0 Å². The van der Waals surface area contributed by atoms with Crippen LogP contribution in [0.3, 0.4) is 0 Å². The Balaban J connectivity index is 2.22. The van der Waals surface area contributed by atoms with E-state index in [0.717, 1.165) is 19.3 Å². The third-order valence-electron chi connectivity index (χ3n) is 3.54. The standard InChI is InChI=1S/C14H20N2O3/c1-18-11-7-4-8-12(19-2)13(11)14(17)16-10-6-3-5-9(10)15/h4,7-10H,3,5-6,15H2,1-2H3,(H,16,17)/t9-,10-/m1/s1. The second kappa shape index (κ2) is 5.93. The van der Waals surface area contributed by atoms with Crippen LogP contribution in [0.1, 0.15) is 29.6 Å². The van der Waals surface area contributed by atoms with E-state index in [1.807, 2.05) is 0 Å². The molecule has 1 aliphatic carbocycles. The van der Waals surface area contributed by atoms with Gasteiger partial charge in [0.25, 0.3) is 5.91 Å². The number of benzene rings is 1. The smallest absolute Gasteiger partial charge is 0.259 e. The molecule has 0 spiro atoms. The fourth-order valence-corrected chi connectivity index (χ4v) is 2.48. The fraction of sp³-hybridized carbons (Fsp3) is 0.500. The molecule has 1 saturated carbocycles. The maximum absolute atomic E-state index is 12.4. The predicted molar refractivity (Wildman–Crippen MR) is 72.6 cm³/mol. The molecule has 1 aliphatic rings. The first kappa shape index (κ1) is 13.7. The second-order valence-corrected chi connectivity index (χ2v) is 4.71. The maximum Gasteiger partial charge on any atom is 0.259 e. The Morgan fingerprint density at radius 2 is 1.89 bits per heavy atom. The Kier molecular flexibility index (Phi) is 4.27. The van der Waals surface area contributed by atoms with Gasteiger partial charge in [0.2, 0.25) is 0 Å². The van der Waals surface area contributed by atoms with Crippen LogP contribution in [0.5, 0.6) is 11.5 Å². The Bertz CT molecular complexity index is 440. The quantitative estimate of drug-likeness (QED) is 0.860. The van der Waals surface area contributed by atoms with Crippen LogP contribution in [0.15, 0.2) is 18.2 Å². The third kappa shape index (κ3) is 2.81. The number of amides is 1. The number of ether oxygens (including phenoxy) is 2. The molecule has 0 aromatic heterocycles. The Hall–Kier alpha value is -1.75. The van der Waals surface area contributed by atoms with E-state index in [1.165, 1.54) is 14.2 Å². The molecule has 1 fully saturated rings. The summed E-state index contributed by atoms with van der Waals surface area (Å²) in [4.78, 5) is 12.4. The summed E-state index contributed by atoms with van der Waals surface area (Å²) in [6.45, 7) is 0. The van der Waals surface area contributed by atoms with Gasteiger partial charge in [-0.3, -0.25) is 4.79 Å². The minimum absolute atomic E-state index is 0.0297. The Morgan fingerprint density at radius 3 is 2.37 bits per heavy atom. The maximum atomic E-state index is 12.4. The van der Waals surface area contributed by atoms with Gasteiger partial charge >= 0.3 is 0 Å². The van der Waals surface area contributed by atoms with E-state index < -0.39 is 0 Å². The van der Waals surface area contributed by atoms with Gasteiger partial charge in [-0.25, -0.2) is 0 Å². The zero-order chi connectivity index (χ0) is 13.8. The molecule has 5 nitrogen and oxygen atoms in total. The third-order valence-corrected chi connectivity index (χ3v) is 3.54. The van der Waals surface area contributed by atoms with Crippen molar-refractivity contribution in [2.45, 2.75) is 31.3 Å². The van der Waals surface area contributed by atoms with Crippen LogP contribution in [-0.2, 0) is 0 Å². The first-order valence-electron chi connectivity index (χ1n) is 6.44. The summed E-state index contributed by atoms with van der Waals surface area (Å²) >= 11 is 0. The van der Waals surface area contributed by atoms with Gasteiger partial charge in [0.15, 0.2) is 0 Å². The molecule has 19 heavy (non-hydrogen) atoms. The van der Waals surface area contributed by atoms with Gasteiger partial charge in [-0.05, 0) is 31.4 Å². The first-order valence-corrected chi connectivity index (χ1v) is 6.44. The van der Waals surface area contributed by atoms with Crippen molar-refractivity contribution in [3.8, 4) is 11.5 Å². The lowest BCUT2D eigenvalue weighted by Gasteiger charge is -2.19. The summed E-state index contributed by atoms with van der Waals surface area (Å²) in [7, 11) is 3.07. The van der Waals surface area contributed by atoms with E-state index in [0.29, 0.717) is 17.1 Å². The second-order valence-electron chi connectivity index (χ2n) is 4.71. The minimum atomic E-state index is -0.198. The predicted octanol–water partition coefficient (Wildman–Crippen LogP) is 1.31. The van der Waals surface area contributed by atoms with E-state index in [1.54, 1.807) is 18.2 Å². The summed E-state index contributed by atoms with van der Waals surface area (Å²) in [6, 6.07) is 5.33. The zero-order valence-electron chi connectivity index (χ0n) is 11.3. The SMILES string of the molecule is COc1cccc(OC)c1C(=O)N[C@@H]1CCC[C@H]1N. The van der Waals surface area contributed by atoms with Gasteiger partial charge in [0, 0.05) is 12.1 Å². The molecule has 2 rings (SSSR count). The van der Waals surface area contributed by atoms with E-state index in [-0.39, 0.29) is 18.0 Å². The van der Waals surface area contributed by atoms with Crippen molar-refractivity contribution in [3.05, 3.63) is 23.8 Å². The molecule has 0 saturated heterocycles. The normalized spacial score (nSPS) is 22.1. The van der Waals surface area contributed by atoms with Crippen molar-refractivity contribution in [1.82, 2.24) is 5.32 Å². The van der Waals surface area contributed by atoms with Crippen LogP contribution >= 0.6 is 0 Å². The lowest BCUT2D eigenvalue weighted by atomic mass is 10.1. The molecule has 0 radical (unpaired) electrons. The molecule has 0 aliphatic heterocycles. The minimum Gasteiger partial charge on any atom is -0.496 e. The molecular weight excluding hydrogens is 244 g/mol. The highest BCUT2D eigenvalue weighted by Gasteiger charge is 2.27. The summed E-state index contributed by atoms with van der Waals surface area (Å²) in [5.74, 6) is 0.809. The van der Waals surface area contributed by atoms with Crippen molar-refractivity contribution in [2.24, 2.45) is 5.73 Å². The highest BCUT2D eigenvalue weighted by Crippen LogP contribution is 2.28. The fourth-order valence-electron chi connectivity index (χ4n) is 2.48. The van der Waals surface area contributed by atoms with Crippen molar-refractivity contribution < 1.29 is 14.3 Å². The van der Waals surface area contributed by atoms with Crippen LogP contribution in [0.25, 0.3) is 0 Å². The van der Waals surface area contributed by atoms with Crippen LogP contribution in [0, 0.1) is 0 Å². The van der Waals surface area contributed by atoms with Crippen LogP contribution in [0.2, 0.25) is 0 Å². The first-order chi connectivity index (χ1) is 9.17. The van der Waals surface area contributed by atoms with Gasteiger partial charge in [-0.15, -0.1) is 0 Å². The summed E-state index contributed by atoms with van der Waals surface area (Å²) in [5, 5.41) is 2.97. The summed E-state index contributed by atoms with van der Waals surface area (Å²) in [5.41, 5.74) is 6.39. The number of nitrogens with one attached hydrogen (secondary N) is 1. The number of carbonyl (C=O) groups excluding carboxylic acids is 1. The van der Waals surface area contributed by atoms with Gasteiger partial charge in [-0.2, -0.15) is 0 Å². The van der Waals surface area contributed by atoms with E-state index in [9.17, 15) is 4.79 Å². The molecule has 3 N–H and O–H groups in total. The lowest BCUT2D eigenvalue weighted by molar-refractivity contribution is 0.0928. The number of hydrogen-bond donors (Lipinski definition) is 2. The molecule has 2 atom stereocenters.